The van der Waals surface area contributed by atoms with Crippen LogP contribution < -0.4 is 5.32 Å². The van der Waals surface area contributed by atoms with Crippen molar-refractivity contribution in [2.45, 2.75) is 32.8 Å². The second-order valence-corrected chi connectivity index (χ2v) is 6.52. The fourth-order valence-corrected chi connectivity index (χ4v) is 2.77. The van der Waals surface area contributed by atoms with E-state index in [0.717, 1.165) is 10.6 Å². The summed E-state index contributed by atoms with van der Waals surface area (Å²) in [7, 11) is 0. The standard InChI is InChI=1S/C15H19NO3S/c1-10-4-7-13(19-10)15(3,18)9-16-14(17)8-12-6-5-11(2)20-12/h4-7,18H,8-9H2,1-3H3,(H,16,17). The number of carbonyl (C=O) groups excluding carboxylic acids is 1. The molecule has 0 aliphatic rings. The number of hydrogen-bond donors (Lipinski definition) is 2. The number of nitrogens with one attached hydrogen (secondary N) is 1. The molecule has 1 atom stereocenters. The first kappa shape index (κ1) is 14.8. The summed E-state index contributed by atoms with van der Waals surface area (Å²) in [6.45, 7) is 5.58. The van der Waals surface area contributed by atoms with E-state index in [2.05, 4.69) is 5.32 Å². The number of aryl methyl sites for hydroxylation is 2. The molecule has 0 saturated heterocycles. The number of rotatable bonds is 5. The SMILES string of the molecule is Cc1ccc(C(C)(O)CNC(=O)Cc2ccc(C)s2)o1. The average molecular weight is 293 g/mol. The first-order valence-electron chi connectivity index (χ1n) is 6.48. The quantitative estimate of drug-likeness (QED) is 0.890. The number of hydrogen-bond acceptors (Lipinski definition) is 4. The minimum Gasteiger partial charge on any atom is -0.463 e. The van der Waals surface area contributed by atoms with Gasteiger partial charge in [0.05, 0.1) is 13.0 Å². The molecule has 2 heterocycles. The second kappa shape index (κ2) is 5.81. The Kier molecular flexibility index (Phi) is 4.30. The van der Waals surface area contributed by atoms with Crippen molar-refractivity contribution in [3.05, 3.63) is 45.5 Å². The van der Waals surface area contributed by atoms with Gasteiger partial charge in [-0.3, -0.25) is 4.79 Å². The van der Waals surface area contributed by atoms with Gasteiger partial charge in [0.25, 0.3) is 0 Å². The first-order chi connectivity index (χ1) is 9.37. The van der Waals surface area contributed by atoms with Crippen LogP contribution in [0.2, 0.25) is 0 Å². The molecule has 2 aromatic rings. The van der Waals surface area contributed by atoms with Gasteiger partial charge >= 0.3 is 0 Å². The highest BCUT2D eigenvalue weighted by Gasteiger charge is 2.27. The topological polar surface area (TPSA) is 62.5 Å². The summed E-state index contributed by atoms with van der Waals surface area (Å²) < 4.78 is 5.40. The number of furan rings is 1. The predicted molar refractivity (Wildman–Crippen MR) is 78.8 cm³/mol. The third kappa shape index (κ3) is 3.71. The highest BCUT2D eigenvalue weighted by molar-refractivity contribution is 7.12. The molecule has 0 radical (unpaired) electrons. The van der Waals surface area contributed by atoms with Crippen molar-refractivity contribution in [3.63, 3.8) is 0 Å². The zero-order chi connectivity index (χ0) is 14.8. The molecule has 2 N–H and O–H groups in total. The van der Waals surface area contributed by atoms with Crippen molar-refractivity contribution >= 4 is 17.2 Å². The molecule has 5 heteroatoms. The molecule has 20 heavy (non-hydrogen) atoms. The van der Waals surface area contributed by atoms with E-state index < -0.39 is 5.60 Å². The maximum absolute atomic E-state index is 11.9. The molecule has 2 rings (SSSR count). The molecule has 0 aliphatic carbocycles. The molecular weight excluding hydrogens is 274 g/mol. The van der Waals surface area contributed by atoms with Crippen LogP contribution in [-0.4, -0.2) is 17.6 Å². The second-order valence-electron chi connectivity index (χ2n) is 5.15. The highest BCUT2D eigenvalue weighted by Crippen LogP contribution is 2.22. The van der Waals surface area contributed by atoms with Crippen LogP contribution in [0.15, 0.2) is 28.7 Å². The lowest BCUT2D eigenvalue weighted by Gasteiger charge is -2.21. The van der Waals surface area contributed by atoms with E-state index in [0.29, 0.717) is 12.2 Å². The lowest BCUT2D eigenvalue weighted by molar-refractivity contribution is -0.121. The molecule has 0 fully saturated rings. The summed E-state index contributed by atoms with van der Waals surface area (Å²) >= 11 is 1.61. The van der Waals surface area contributed by atoms with Crippen LogP contribution in [-0.2, 0) is 16.8 Å². The Labute approximate surface area is 122 Å². The Morgan fingerprint density at radius 3 is 2.65 bits per heavy atom. The summed E-state index contributed by atoms with van der Waals surface area (Å²) in [5.41, 5.74) is -1.20. The van der Waals surface area contributed by atoms with E-state index in [1.54, 1.807) is 30.4 Å². The molecule has 0 bridgehead atoms. The fourth-order valence-electron chi connectivity index (χ4n) is 1.88. The van der Waals surface area contributed by atoms with Crippen LogP contribution in [0.25, 0.3) is 0 Å². The highest BCUT2D eigenvalue weighted by atomic mass is 32.1. The van der Waals surface area contributed by atoms with Crippen LogP contribution in [0.3, 0.4) is 0 Å². The van der Waals surface area contributed by atoms with Crippen molar-refractivity contribution in [1.82, 2.24) is 5.32 Å². The zero-order valence-corrected chi connectivity index (χ0v) is 12.7. The Morgan fingerprint density at radius 1 is 1.35 bits per heavy atom. The lowest BCUT2D eigenvalue weighted by Crippen LogP contribution is -2.38. The molecule has 1 amide bonds. The van der Waals surface area contributed by atoms with Gasteiger partial charge in [-0.15, -0.1) is 11.3 Å². The third-order valence-corrected chi connectivity index (χ3v) is 4.03. The molecule has 2 aromatic heterocycles. The van der Waals surface area contributed by atoms with Crippen LogP contribution >= 0.6 is 11.3 Å². The molecule has 0 saturated carbocycles. The van der Waals surface area contributed by atoms with Crippen LogP contribution in [0.4, 0.5) is 0 Å². The molecule has 0 aliphatic heterocycles. The van der Waals surface area contributed by atoms with E-state index >= 15 is 0 Å². The van der Waals surface area contributed by atoms with Crippen molar-refractivity contribution < 1.29 is 14.3 Å². The van der Waals surface area contributed by atoms with E-state index in [9.17, 15) is 9.90 Å². The Hall–Kier alpha value is -1.59. The molecule has 0 aromatic carbocycles. The van der Waals surface area contributed by atoms with Crippen molar-refractivity contribution in [2.24, 2.45) is 0 Å². The number of aliphatic hydroxyl groups is 1. The number of thiophene rings is 1. The Balaban J connectivity index is 1.89. The van der Waals surface area contributed by atoms with Gasteiger partial charge < -0.3 is 14.8 Å². The first-order valence-corrected chi connectivity index (χ1v) is 7.30. The normalized spacial score (nSPS) is 14.0. The molecular formula is C15H19NO3S. The van der Waals surface area contributed by atoms with Gasteiger partial charge in [-0.2, -0.15) is 0 Å². The maximum atomic E-state index is 11.9. The average Bonchev–Trinajstić information content (AvgIpc) is 2.96. The van der Waals surface area contributed by atoms with E-state index in [1.165, 1.54) is 4.88 Å². The summed E-state index contributed by atoms with van der Waals surface area (Å²) in [6, 6.07) is 7.47. The molecule has 0 spiro atoms. The largest absolute Gasteiger partial charge is 0.463 e. The van der Waals surface area contributed by atoms with Crippen molar-refractivity contribution in [2.75, 3.05) is 6.54 Å². The van der Waals surface area contributed by atoms with Gasteiger partial charge in [0, 0.05) is 9.75 Å². The maximum Gasteiger partial charge on any atom is 0.225 e. The fraction of sp³-hybridized carbons (Fsp3) is 0.400. The smallest absolute Gasteiger partial charge is 0.225 e. The van der Waals surface area contributed by atoms with E-state index in [4.69, 9.17) is 4.42 Å². The monoisotopic (exact) mass is 293 g/mol. The van der Waals surface area contributed by atoms with Gasteiger partial charge in [-0.25, -0.2) is 0 Å². The molecule has 108 valence electrons. The van der Waals surface area contributed by atoms with Gasteiger partial charge in [-0.05, 0) is 45.0 Å². The number of carbonyl (C=O) groups is 1. The van der Waals surface area contributed by atoms with Crippen molar-refractivity contribution in [1.29, 1.82) is 0 Å². The van der Waals surface area contributed by atoms with Crippen LogP contribution in [0.1, 0.15) is 28.2 Å². The Bertz CT molecular complexity index is 598. The zero-order valence-electron chi connectivity index (χ0n) is 11.9. The summed E-state index contributed by atoms with van der Waals surface area (Å²) in [5, 5.41) is 13.1. The summed E-state index contributed by atoms with van der Waals surface area (Å²) in [4.78, 5) is 14.1. The Morgan fingerprint density at radius 2 is 2.10 bits per heavy atom. The number of amides is 1. The van der Waals surface area contributed by atoms with Gasteiger partial charge in [0.2, 0.25) is 5.91 Å². The molecule has 1 unspecified atom stereocenters. The van der Waals surface area contributed by atoms with Crippen LogP contribution in [0, 0.1) is 13.8 Å². The predicted octanol–water partition coefficient (Wildman–Crippen LogP) is 2.52. The third-order valence-electron chi connectivity index (χ3n) is 3.03. The van der Waals surface area contributed by atoms with Gasteiger partial charge in [0.15, 0.2) is 0 Å². The van der Waals surface area contributed by atoms with Crippen LogP contribution in [0.5, 0.6) is 0 Å². The lowest BCUT2D eigenvalue weighted by atomic mass is 10.0. The van der Waals surface area contributed by atoms with E-state index in [1.807, 2.05) is 26.0 Å². The van der Waals surface area contributed by atoms with Gasteiger partial charge in [0.1, 0.15) is 17.1 Å². The minimum absolute atomic E-state index is 0.101. The van der Waals surface area contributed by atoms with E-state index in [-0.39, 0.29) is 12.5 Å². The summed E-state index contributed by atoms with van der Waals surface area (Å²) in [5.74, 6) is 1.10. The van der Waals surface area contributed by atoms with Crippen molar-refractivity contribution in [3.8, 4) is 0 Å². The summed E-state index contributed by atoms with van der Waals surface area (Å²) in [6.07, 6.45) is 0.339. The van der Waals surface area contributed by atoms with Gasteiger partial charge in [-0.1, -0.05) is 0 Å². The molecule has 4 nitrogen and oxygen atoms in total. The minimum atomic E-state index is -1.20.